The Hall–Kier alpha value is -2.59. The average molecular weight is 340 g/mol. The van der Waals surface area contributed by atoms with Crippen LogP contribution in [0.5, 0.6) is 0 Å². The van der Waals surface area contributed by atoms with Crippen LogP contribution in [0.1, 0.15) is 17.7 Å². The number of carbonyl (C=O) groups is 1. The number of benzene rings is 2. The quantitative estimate of drug-likeness (QED) is 0.748. The number of aromatic nitrogens is 2. The predicted octanol–water partition coefficient (Wildman–Crippen LogP) is 4.41. The van der Waals surface area contributed by atoms with Crippen molar-refractivity contribution < 1.29 is 4.79 Å². The lowest BCUT2D eigenvalue weighted by Gasteiger charge is -2.09. The minimum atomic E-state index is -0.0398. The topological polar surface area (TPSA) is 46.9 Å². The molecule has 0 atom stereocenters. The zero-order valence-electron chi connectivity index (χ0n) is 13.4. The Labute approximate surface area is 146 Å². The number of rotatable bonds is 5. The molecule has 1 heterocycles. The highest BCUT2D eigenvalue weighted by atomic mass is 35.5. The van der Waals surface area contributed by atoms with Gasteiger partial charge < -0.3 is 5.32 Å². The maximum Gasteiger partial charge on any atom is 0.225 e. The summed E-state index contributed by atoms with van der Waals surface area (Å²) < 4.78 is 1.70. The van der Waals surface area contributed by atoms with E-state index in [1.54, 1.807) is 10.7 Å². The molecule has 0 saturated carbocycles. The fraction of sp³-hybridized carbons (Fsp3) is 0.158. The van der Waals surface area contributed by atoms with Crippen LogP contribution in [0.15, 0.2) is 60.7 Å². The summed E-state index contributed by atoms with van der Waals surface area (Å²) in [5.74, 6) is 0.606. The van der Waals surface area contributed by atoms with E-state index in [1.165, 1.54) is 0 Å². The lowest BCUT2D eigenvalue weighted by Crippen LogP contribution is -2.15. The molecule has 1 aromatic heterocycles. The summed E-state index contributed by atoms with van der Waals surface area (Å²) in [5, 5.41) is 8.00. The summed E-state index contributed by atoms with van der Waals surface area (Å²) in [4.78, 5) is 12.3. The average Bonchev–Trinajstić information content (AvgIpc) is 2.94. The van der Waals surface area contributed by atoms with Gasteiger partial charge in [-0.25, -0.2) is 4.68 Å². The van der Waals surface area contributed by atoms with Crippen molar-refractivity contribution >= 4 is 23.3 Å². The molecule has 0 aliphatic heterocycles. The maximum atomic E-state index is 12.3. The molecule has 1 N–H and O–H groups in total. The van der Waals surface area contributed by atoms with E-state index >= 15 is 0 Å². The van der Waals surface area contributed by atoms with Gasteiger partial charge in [-0.3, -0.25) is 4.79 Å². The Morgan fingerprint density at radius 1 is 1.12 bits per heavy atom. The highest BCUT2D eigenvalue weighted by Crippen LogP contribution is 2.20. The Bertz CT molecular complexity index is 843. The number of nitrogens with one attached hydrogen (secondary N) is 1. The molecule has 0 unspecified atom stereocenters. The minimum Gasteiger partial charge on any atom is -0.311 e. The molecule has 122 valence electrons. The normalized spacial score (nSPS) is 10.6. The number of nitrogens with zero attached hydrogens (tertiary/aromatic N) is 2. The summed E-state index contributed by atoms with van der Waals surface area (Å²) >= 11 is 6.05. The van der Waals surface area contributed by atoms with Crippen molar-refractivity contribution in [2.75, 3.05) is 5.32 Å². The molecule has 0 saturated heterocycles. The largest absolute Gasteiger partial charge is 0.311 e. The van der Waals surface area contributed by atoms with E-state index in [9.17, 15) is 4.79 Å². The Balaban J connectivity index is 1.72. The second-order valence-corrected chi connectivity index (χ2v) is 6.03. The first-order valence-electron chi connectivity index (χ1n) is 7.78. The van der Waals surface area contributed by atoms with E-state index in [2.05, 4.69) is 10.4 Å². The fourth-order valence-electron chi connectivity index (χ4n) is 2.50. The molecule has 0 aliphatic carbocycles. The highest BCUT2D eigenvalue weighted by Gasteiger charge is 2.11. The monoisotopic (exact) mass is 339 g/mol. The van der Waals surface area contributed by atoms with Crippen LogP contribution in [-0.2, 0) is 11.2 Å². The van der Waals surface area contributed by atoms with Gasteiger partial charge in [-0.15, -0.1) is 0 Å². The Morgan fingerprint density at radius 2 is 1.92 bits per heavy atom. The van der Waals surface area contributed by atoms with Gasteiger partial charge in [0.25, 0.3) is 0 Å². The van der Waals surface area contributed by atoms with Gasteiger partial charge in [-0.1, -0.05) is 48.0 Å². The number of carbonyl (C=O) groups excluding carboxylic acids is 1. The van der Waals surface area contributed by atoms with Crippen molar-refractivity contribution in [1.29, 1.82) is 0 Å². The van der Waals surface area contributed by atoms with Gasteiger partial charge in [0.2, 0.25) is 5.91 Å². The van der Waals surface area contributed by atoms with Crippen LogP contribution < -0.4 is 5.32 Å². The number of amides is 1. The molecule has 1 amide bonds. The van der Waals surface area contributed by atoms with Crippen LogP contribution in [0, 0.1) is 6.92 Å². The molecule has 0 bridgehead atoms. The standard InChI is InChI=1S/C19H18ClN3O/c1-14-12-18(23(22-14)17-9-5-8-16(20)13-17)21-19(24)11-10-15-6-3-2-4-7-15/h2-9,12-13H,10-11H2,1H3,(H,21,24). The van der Waals surface area contributed by atoms with E-state index in [0.29, 0.717) is 23.7 Å². The summed E-state index contributed by atoms with van der Waals surface area (Å²) in [7, 11) is 0. The van der Waals surface area contributed by atoms with Crippen LogP contribution in [0.4, 0.5) is 5.82 Å². The number of anilines is 1. The van der Waals surface area contributed by atoms with Crippen molar-refractivity contribution in [3.63, 3.8) is 0 Å². The number of hydrogen-bond acceptors (Lipinski definition) is 2. The van der Waals surface area contributed by atoms with E-state index in [0.717, 1.165) is 16.9 Å². The van der Waals surface area contributed by atoms with Gasteiger partial charge in [-0.05, 0) is 37.1 Å². The summed E-state index contributed by atoms with van der Waals surface area (Å²) in [6.07, 6.45) is 1.13. The van der Waals surface area contributed by atoms with Crippen molar-refractivity contribution in [3.8, 4) is 5.69 Å². The number of halogens is 1. The summed E-state index contributed by atoms with van der Waals surface area (Å²) in [6.45, 7) is 1.89. The van der Waals surface area contributed by atoms with E-state index < -0.39 is 0 Å². The Kier molecular flexibility index (Phi) is 4.96. The van der Waals surface area contributed by atoms with Crippen molar-refractivity contribution in [2.24, 2.45) is 0 Å². The van der Waals surface area contributed by atoms with Crippen molar-refractivity contribution in [3.05, 3.63) is 76.9 Å². The minimum absolute atomic E-state index is 0.0398. The lowest BCUT2D eigenvalue weighted by molar-refractivity contribution is -0.116. The van der Waals surface area contributed by atoms with E-state index in [1.807, 2.05) is 61.5 Å². The second kappa shape index (κ2) is 7.32. The molecule has 4 nitrogen and oxygen atoms in total. The molecule has 0 aliphatic rings. The van der Waals surface area contributed by atoms with Crippen molar-refractivity contribution in [1.82, 2.24) is 9.78 Å². The van der Waals surface area contributed by atoms with Crippen LogP contribution >= 0.6 is 11.6 Å². The molecule has 3 aromatic rings. The van der Waals surface area contributed by atoms with Crippen LogP contribution in [0.3, 0.4) is 0 Å². The van der Waals surface area contributed by atoms with Gasteiger partial charge >= 0.3 is 0 Å². The van der Waals surface area contributed by atoms with Crippen LogP contribution in [-0.4, -0.2) is 15.7 Å². The maximum absolute atomic E-state index is 12.3. The SMILES string of the molecule is Cc1cc(NC(=O)CCc2ccccc2)n(-c2cccc(Cl)c2)n1. The first kappa shape index (κ1) is 16.3. The second-order valence-electron chi connectivity index (χ2n) is 5.60. The fourth-order valence-corrected chi connectivity index (χ4v) is 2.69. The molecule has 0 radical (unpaired) electrons. The van der Waals surface area contributed by atoms with E-state index in [-0.39, 0.29) is 5.91 Å². The van der Waals surface area contributed by atoms with Gasteiger partial charge in [0, 0.05) is 17.5 Å². The first-order chi connectivity index (χ1) is 11.6. The molecule has 0 spiro atoms. The smallest absolute Gasteiger partial charge is 0.225 e. The molecule has 0 fully saturated rings. The third-order valence-electron chi connectivity index (χ3n) is 3.64. The van der Waals surface area contributed by atoms with Crippen LogP contribution in [0.25, 0.3) is 5.69 Å². The van der Waals surface area contributed by atoms with Crippen LogP contribution in [0.2, 0.25) is 5.02 Å². The molecule has 24 heavy (non-hydrogen) atoms. The lowest BCUT2D eigenvalue weighted by atomic mass is 10.1. The number of hydrogen-bond donors (Lipinski definition) is 1. The summed E-state index contributed by atoms with van der Waals surface area (Å²) in [5.41, 5.74) is 2.79. The van der Waals surface area contributed by atoms with E-state index in [4.69, 9.17) is 11.6 Å². The van der Waals surface area contributed by atoms with Gasteiger partial charge in [0.1, 0.15) is 5.82 Å². The number of aryl methyl sites for hydroxylation is 2. The molecule has 3 rings (SSSR count). The molecule has 2 aromatic carbocycles. The molecular formula is C19H18ClN3O. The first-order valence-corrected chi connectivity index (χ1v) is 8.16. The van der Waals surface area contributed by atoms with Gasteiger partial charge in [0.05, 0.1) is 11.4 Å². The third-order valence-corrected chi connectivity index (χ3v) is 3.87. The van der Waals surface area contributed by atoms with Gasteiger partial charge in [0.15, 0.2) is 0 Å². The highest BCUT2D eigenvalue weighted by molar-refractivity contribution is 6.30. The third kappa shape index (κ3) is 4.03. The zero-order valence-corrected chi connectivity index (χ0v) is 14.1. The van der Waals surface area contributed by atoms with Gasteiger partial charge in [-0.2, -0.15) is 5.10 Å². The zero-order chi connectivity index (χ0) is 16.9. The predicted molar refractivity (Wildman–Crippen MR) is 96.7 cm³/mol. The summed E-state index contributed by atoms with van der Waals surface area (Å²) in [6, 6.07) is 19.2. The molecule has 5 heteroatoms. The Morgan fingerprint density at radius 3 is 2.67 bits per heavy atom. The van der Waals surface area contributed by atoms with Crippen molar-refractivity contribution in [2.45, 2.75) is 19.8 Å². The molecular weight excluding hydrogens is 322 g/mol.